The highest BCUT2D eigenvalue weighted by atomic mass is 16.7. The standard InChI is InChI=1S/2C15H12.C14H20.C13H8O2.C9H10.C7H6O2.4C2H6.7CH4/c1-11-14-8-4-2-6-12(14)10-13-7-3-5-9-15(11)13;1-11-6-9-15-13(10-11)8-7-12-4-2-3-5-14(12)15;1-13(2)9-10-14(3,4)12-8-6-5-7-11(12)13;14-13-9-5-1-3-7-11(9)15-12-8-4-2-6-10(12)13;1-2-5-9-7-3-6-8(9)4-1;1-2-4-7-6(3-1)8-5-9-7;4*1-2;;;;;;;/h2*2-10H,1H3;5-8H,9-10H2,1-4H3;1-8H;1-2,4-5H,3,6-7H2;1-4H,5H2;4*1-2H3;7*1H4. The molecule has 0 fully saturated rings. The van der Waals surface area contributed by atoms with E-state index in [2.05, 4.69) is 199 Å². The molecule has 3 aliphatic rings. The Labute approximate surface area is 560 Å². The van der Waals surface area contributed by atoms with Gasteiger partial charge in [-0.05, 0) is 170 Å². The van der Waals surface area contributed by atoms with Gasteiger partial charge >= 0.3 is 0 Å². The first-order chi connectivity index (χ1) is 41.4. The number of benzene rings is 11. The lowest BCUT2D eigenvalue weighted by Crippen LogP contribution is -2.33. The van der Waals surface area contributed by atoms with E-state index in [0.29, 0.717) is 39.6 Å². The number of hydrogen-bond donors (Lipinski definition) is 0. The third kappa shape index (κ3) is 21.6. The Morgan fingerprint density at radius 3 is 1.13 bits per heavy atom. The van der Waals surface area contributed by atoms with Crippen molar-refractivity contribution >= 4 is 65.0 Å². The lowest BCUT2D eigenvalue weighted by Gasteiger charge is -2.41. The smallest absolute Gasteiger partial charge is 0.231 e. The summed E-state index contributed by atoms with van der Waals surface area (Å²) in [7, 11) is 0. The van der Waals surface area contributed by atoms with E-state index in [9.17, 15) is 4.79 Å². The van der Waals surface area contributed by atoms with E-state index < -0.39 is 0 Å². The van der Waals surface area contributed by atoms with Crippen LogP contribution < -0.4 is 14.9 Å². The Balaban J connectivity index is 0. The molecule has 0 spiro atoms. The van der Waals surface area contributed by atoms with Crippen molar-refractivity contribution in [2.75, 3.05) is 6.79 Å². The molecule has 2 heterocycles. The quantitative estimate of drug-likeness (QED) is 0.112. The Morgan fingerprint density at radius 1 is 0.337 bits per heavy atom. The third-order valence-electron chi connectivity index (χ3n) is 15.5. The Morgan fingerprint density at radius 2 is 0.674 bits per heavy atom. The van der Waals surface area contributed by atoms with Gasteiger partial charge in [-0.25, -0.2) is 0 Å². The van der Waals surface area contributed by atoms with Gasteiger partial charge in [0.25, 0.3) is 0 Å². The zero-order valence-electron chi connectivity index (χ0n) is 53.3. The molecule has 1 aliphatic heterocycles. The molecule has 1 aromatic heterocycles. The second kappa shape index (κ2) is 42.6. The molecule has 0 radical (unpaired) electrons. The zero-order valence-corrected chi connectivity index (χ0v) is 53.3. The molecule has 0 amide bonds. The summed E-state index contributed by atoms with van der Waals surface area (Å²) in [5.41, 5.74) is 11.0. The fourth-order valence-electron chi connectivity index (χ4n) is 11.0. The Kier molecular flexibility index (Phi) is 39.6. The molecule has 4 heteroatoms. The normalized spacial score (nSPS) is 12.0. The van der Waals surface area contributed by atoms with Gasteiger partial charge in [-0.3, -0.25) is 4.79 Å². The maximum Gasteiger partial charge on any atom is 0.231 e. The van der Waals surface area contributed by atoms with Crippen LogP contribution in [0.1, 0.15) is 188 Å². The van der Waals surface area contributed by atoms with Crippen LogP contribution in [0, 0.1) is 13.8 Å². The zero-order chi connectivity index (χ0) is 61.4. The highest BCUT2D eigenvalue weighted by molar-refractivity contribution is 6.07. The highest BCUT2D eigenvalue weighted by Crippen LogP contribution is 2.45. The van der Waals surface area contributed by atoms with E-state index in [1.807, 2.05) is 116 Å². The third-order valence-corrected chi connectivity index (χ3v) is 15.5. The van der Waals surface area contributed by atoms with Crippen LogP contribution in [0.4, 0.5) is 0 Å². The first-order valence-electron chi connectivity index (χ1n) is 31.1. The van der Waals surface area contributed by atoms with Crippen LogP contribution in [0.5, 0.6) is 11.5 Å². The largest absolute Gasteiger partial charge is 0.456 e. The molecule has 15 rings (SSSR count). The van der Waals surface area contributed by atoms with Crippen LogP contribution in [0.3, 0.4) is 0 Å². The maximum atomic E-state index is 12.0. The van der Waals surface area contributed by atoms with Gasteiger partial charge in [0.05, 0.1) is 10.8 Å². The number of ether oxygens (including phenoxy) is 2. The highest BCUT2D eigenvalue weighted by Gasteiger charge is 2.36. The molecule has 2 aliphatic carbocycles. The van der Waals surface area contributed by atoms with Crippen molar-refractivity contribution < 1.29 is 13.9 Å². The predicted molar refractivity (Wildman–Crippen MR) is 418 cm³/mol. The minimum Gasteiger partial charge on any atom is -0.456 e. The predicted octanol–water partition coefficient (Wildman–Crippen LogP) is 27.7. The molecule has 11 aromatic carbocycles. The van der Waals surface area contributed by atoms with E-state index in [1.165, 1.54) is 86.3 Å². The second-order valence-electron chi connectivity index (χ2n) is 21.7. The number of fused-ring (bicyclic) bond motifs is 10. The SMILES string of the molecule is C.C.C.C.C.C.C.CC.CC.CC.CC.CC1(C)CCC(C)(C)c2ccccc21.Cc1c2ccccc2cc2ccccc12.Cc1ccc2c(ccc3ccccc32)c1.O=c1c2ccccc2oc2ccccc12.c1ccc2c(c1)CCC2.c1ccc2c(c1)OCO2. The van der Waals surface area contributed by atoms with Crippen molar-refractivity contribution in [1.29, 1.82) is 0 Å². The molecule has 0 saturated heterocycles. The number of rotatable bonds is 0. The van der Waals surface area contributed by atoms with Gasteiger partial charge < -0.3 is 13.9 Å². The maximum absolute atomic E-state index is 12.0. The van der Waals surface area contributed by atoms with Crippen LogP contribution in [0.15, 0.2) is 240 Å². The van der Waals surface area contributed by atoms with E-state index in [-0.39, 0.29) is 57.4 Å². The molecule has 4 nitrogen and oxygen atoms in total. The first kappa shape index (κ1) is 85.6. The molecular weight excluding hydrogens is 1120 g/mol. The molecule has 496 valence electrons. The monoisotopic (exact) mass is 1240 g/mol. The van der Waals surface area contributed by atoms with E-state index in [1.54, 1.807) is 34.4 Å². The van der Waals surface area contributed by atoms with Crippen molar-refractivity contribution in [3.8, 4) is 11.5 Å². The molecule has 92 heavy (non-hydrogen) atoms. The van der Waals surface area contributed by atoms with E-state index >= 15 is 0 Å². The summed E-state index contributed by atoms with van der Waals surface area (Å²) >= 11 is 0. The molecule has 0 N–H and O–H groups in total. The Bertz CT molecular complexity index is 3830. The van der Waals surface area contributed by atoms with Crippen molar-refractivity contribution in [1.82, 2.24) is 0 Å². The molecule has 0 atom stereocenters. The van der Waals surface area contributed by atoms with Gasteiger partial charge in [0.1, 0.15) is 11.2 Å². The average Bonchev–Trinajstić information content (AvgIpc) is 1.18. The van der Waals surface area contributed by atoms with Gasteiger partial charge in [0, 0.05) is 0 Å². The fourth-order valence-corrected chi connectivity index (χ4v) is 11.0. The van der Waals surface area contributed by atoms with Crippen molar-refractivity contribution in [3.63, 3.8) is 0 Å². The van der Waals surface area contributed by atoms with Crippen LogP contribution in [0.25, 0.3) is 65.0 Å². The summed E-state index contributed by atoms with van der Waals surface area (Å²) in [6.45, 7) is 30.1. The molecule has 0 saturated carbocycles. The molecule has 0 unspecified atom stereocenters. The van der Waals surface area contributed by atoms with Gasteiger partial charge in [-0.2, -0.15) is 0 Å². The van der Waals surface area contributed by atoms with Crippen molar-refractivity contribution in [2.24, 2.45) is 0 Å². The van der Waals surface area contributed by atoms with Crippen LogP contribution in [-0.2, 0) is 23.7 Å². The van der Waals surface area contributed by atoms with Gasteiger partial charge in [-0.1, -0.05) is 329 Å². The molecule has 12 aromatic rings. The summed E-state index contributed by atoms with van der Waals surface area (Å²) in [6.07, 6.45) is 6.57. The summed E-state index contributed by atoms with van der Waals surface area (Å²) in [5.74, 6) is 1.69. The van der Waals surface area contributed by atoms with Gasteiger partial charge in [-0.15, -0.1) is 0 Å². The van der Waals surface area contributed by atoms with Crippen LogP contribution in [0.2, 0.25) is 0 Å². The lowest BCUT2D eigenvalue weighted by molar-refractivity contribution is 0.174. The van der Waals surface area contributed by atoms with E-state index in [4.69, 9.17) is 13.9 Å². The second-order valence-corrected chi connectivity index (χ2v) is 21.7. The molecular formula is C88H120O4. The minimum absolute atomic E-state index is 0. The first-order valence-corrected chi connectivity index (χ1v) is 31.1. The van der Waals surface area contributed by atoms with Crippen LogP contribution >= 0.6 is 0 Å². The summed E-state index contributed by atoms with van der Waals surface area (Å²) in [4.78, 5) is 12.0. The molecule has 0 bridgehead atoms. The van der Waals surface area contributed by atoms with Crippen molar-refractivity contribution in [2.45, 2.75) is 192 Å². The summed E-state index contributed by atoms with van der Waals surface area (Å²) < 4.78 is 15.8. The number of para-hydroxylation sites is 4. The number of aryl methyl sites for hydroxylation is 4. The van der Waals surface area contributed by atoms with Crippen molar-refractivity contribution in [3.05, 3.63) is 274 Å². The Hall–Kier alpha value is -8.47. The number of hydrogen-bond acceptors (Lipinski definition) is 4. The topological polar surface area (TPSA) is 48.7 Å². The summed E-state index contributed by atoms with van der Waals surface area (Å²) in [5, 5.41) is 12.0. The minimum atomic E-state index is 0. The lowest BCUT2D eigenvalue weighted by atomic mass is 9.63. The van der Waals surface area contributed by atoms with Gasteiger partial charge in [0.15, 0.2) is 11.5 Å². The summed E-state index contributed by atoms with van der Waals surface area (Å²) in [6, 6.07) is 78.8. The van der Waals surface area contributed by atoms with Crippen LogP contribution in [-0.4, -0.2) is 6.79 Å². The average molecular weight is 1240 g/mol. The van der Waals surface area contributed by atoms with Gasteiger partial charge in [0.2, 0.25) is 12.2 Å². The van der Waals surface area contributed by atoms with E-state index in [0.717, 1.165) is 11.5 Å². The fraction of sp³-hybridized carbons (Fsp3) is 0.330.